The number of carbonyl (C=O) groups excluding carboxylic acids is 4. The Morgan fingerprint density at radius 3 is 0.703 bits per heavy atom. The zero-order chi connectivity index (χ0) is 74.6. The molecule has 0 bridgehead atoms. The molecule has 0 radical (unpaired) electrons. The van der Waals surface area contributed by atoms with Crippen molar-refractivity contribution in [1.82, 2.24) is 0 Å². The van der Waals surface area contributed by atoms with Gasteiger partial charge in [0.1, 0.15) is 19.3 Å². The summed E-state index contributed by atoms with van der Waals surface area (Å²) in [5.41, 5.74) is 0. The standard InChI is InChI=1S/C82H160O17P2/c1-9-74(7)60-52-44-36-29-25-21-17-13-11-12-14-18-22-26-30-37-46-54-62-79(84)92-68-77(98-81(86)64-56-48-38-31-27-23-19-15-16-20-24-28-34-42-50-58-72(3)4)70-96-100(88,89)94-66-76(83)67-95-101(90,91)97-71-78(69-93-80(85)63-55-47-41-40-45-53-61-75(8)10-2)99-82(87)65-57-49-39-33-32-35-43-51-59-73(5)6/h72-78,83H,9-71H2,1-8H3,(H,88,89)(H,90,91)/t74?,75?,76-,77-,78-/m1/s1. The van der Waals surface area contributed by atoms with Gasteiger partial charge in [-0.15, -0.1) is 0 Å². The Kier molecular flexibility index (Phi) is 69.6. The second kappa shape index (κ2) is 71.0. The fourth-order valence-corrected chi connectivity index (χ4v) is 14.1. The molecule has 0 aromatic rings. The number of phosphoric ester groups is 2. The molecule has 3 N–H and O–H groups in total. The highest BCUT2D eigenvalue weighted by atomic mass is 31.2. The van der Waals surface area contributed by atoms with E-state index in [0.717, 1.165) is 120 Å². The lowest BCUT2D eigenvalue weighted by Crippen LogP contribution is -2.30. The number of unbranched alkanes of at least 4 members (excludes halogenated alkanes) is 43. The van der Waals surface area contributed by atoms with Gasteiger partial charge in [-0.1, -0.05) is 370 Å². The fourth-order valence-electron chi connectivity index (χ4n) is 12.5. The Labute approximate surface area is 619 Å². The molecular weight excluding hydrogens is 1320 g/mol. The zero-order valence-corrected chi connectivity index (χ0v) is 68.3. The second-order valence-electron chi connectivity index (χ2n) is 31.0. The number of aliphatic hydroxyl groups is 1. The zero-order valence-electron chi connectivity index (χ0n) is 66.5. The van der Waals surface area contributed by atoms with E-state index in [2.05, 4.69) is 55.4 Å². The minimum absolute atomic E-state index is 0.103. The molecule has 101 heavy (non-hydrogen) atoms. The van der Waals surface area contributed by atoms with E-state index in [1.54, 1.807) is 0 Å². The molecule has 0 rings (SSSR count). The molecule has 0 fully saturated rings. The van der Waals surface area contributed by atoms with Crippen LogP contribution in [-0.4, -0.2) is 96.7 Å². The number of carbonyl (C=O) groups is 4. The molecule has 0 aliphatic rings. The summed E-state index contributed by atoms with van der Waals surface area (Å²) in [6.45, 7) is 14.3. The van der Waals surface area contributed by atoms with Crippen LogP contribution in [0.25, 0.3) is 0 Å². The molecule has 0 saturated carbocycles. The van der Waals surface area contributed by atoms with Gasteiger partial charge >= 0.3 is 39.5 Å². The maximum absolute atomic E-state index is 13.1. The van der Waals surface area contributed by atoms with E-state index in [1.807, 2.05) is 0 Å². The summed E-state index contributed by atoms with van der Waals surface area (Å²) in [5, 5.41) is 10.6. The van der Waals surface area contributed by atoms with Gasteiger partial charge < -0.3 is 33.8 Å². The first-order chi connectivity index (χ1) is 48.7. The summed E-state index contributed by atoms with van der Waals surface area (Å²) in [5.74, 6) is 1.01. The van der Waals surface area contributed by atoms with E-state index >= 15 is 0 Å². The van der Waals surface area contributed by atoms with Gasteiger partial charge in [-0.2, -0.15) is 0 Å². The third-order valence-corrected chi connectivity index (χ3v) is 21.7. The molecule has 4 unspecified atom stereocenters. The van der Waals surface area contributed by atoms with Gasteiger partial charge in [0.25, 0.3) is 0 Å². The van der Waals surface area contributed by atoms with Crippen molar-refractivity contribution in [3.05, 3.63) is 0 Å². The van der Waals surface area contributed by atoms with Gasteiger partial charge in [-0.3, -0.25) is 37.3 Å². The largest absolute Gasteiger partial charge is 0.472 e. The SMILES string of the molecule is CCC(C)CCCCCCCCCCCCCCCCCCCCC(=O)OC[C@H](COP(=O)(O)OC[C@@H](O)COP(=O)(O)OC[C@@H](COC(=O)CCCCCCCCC(C)CC)OC(=O)CCCCCCCCCCC(C)C)OC(=O)CCCCCCCCCCCCCCCCCC(C)C. The van der Waals surface area contributed by atoms with Gasteiger partial charge in [0, 0.05) is 25.7 Å². The first-order valence-electron chi connectivity index (χ1n) is 42.3. The number of hydrogen-bond acceptors (Lipinski definition) is 15. The number of ether oxygens (including phenoxy) is 4. The Hall–Kier alpha value is -1.94. The van der Waals surface area contributed by atoms with Crippen LogP contribution in [0.1, 0.15) is 421 Å². The highest BCUT2D eigenvalue weighted by Gasteiger charge is 2.30. The molecule has 0 aliphatic carbocycles. The maximum atomic E-state index is 13.1. The van der Waals surface area contributed by atoms with Crippen molar-refractivity contribution in [2.24, 2.45) is 23.7 Å². The van der Waals surface area contributed by atoms with E-state index in [1.165, 1.54) is 218 Å². The smallest absolute Gasteiger partial charge is 0.462 e. The summed E-state index contributed by atoms with van der Waals surface area (Å²) < 4.78 is 68.7. The van der Waals surface area contributed by atoms with E-state index in [9.17, 15) is 43.2 Å². The molecule has 0 aliphatic heterocycles. The summed E-state index contributed by atoms with van der Waals surface area (Å²) >= 11 is 0. The summed E-state index contributed by atoms with van der Waals surface area (Å²) in [4.78, 5) is 73.0. The van der Waals surface area contributed by atoms with Crippen molar-refractivity contribution in [2.45, 2.75) is 440 Å². The van der Waals surface area contributed by atoms with Gasteiger partial charge in [0.15, 0.2) is 12.2 Å². The van der Waals surface area contributed by atoms with E-state index in [-0.39, 0.29) is 25.7 Å². The monoisotopic (exact) mass is 1480 g/mol. The Bertz CT molecular complexity index is 1980. The van der Waals surface area contributed by atoms with Gasteiger partial charge in [-0.25, -0.2) is 9.13 Å². The molecule has 600 valence electrons. The molecule has 19 heteroatoms. The molecule has 17 nitrogen and oxygen atoms in total. The van der Waals surface area contributed by atoms with Crippen LogP contribution in [0.15, 0.2) is 0 Å². The molecule has 0 heterocycles. The van der Waals surface area contributed by atoms with E-state index in [0.29, 0.717) is 25.7 Å². The summed E-state index contributed by atoms with van der Waals surface area (Å²) in [6.07, 6.45) is 58.5. The number of rotatable bonds is 79. The van der Waals surface area contributed by atoms with Crippen LogP contribution in [-0.2, 0) is 65.4 Å². The molecule has 0 spiro atoms. The quantitative estimate of drug-likeness (QED) is 0.0222. The summed E-state index contributed by atoms with van der Waals surface area (Å²) in [6, 6.07) is 0. The summed E-state index contributed by atoms with van der Waals surface area (Å²) in [7, 11) is -9.92. The minimum Gasteiger partial charge on any atom is -0.462 e. The number of aliphatic hydroxyl groups excluding tert-OH is 1. The highest BCUT2D eigenvalue weighted by Crippen LogP contribution is 2.45. The number of phosphoric acid groups is 2. The van der Waals surface area contributed by atoms with Crippen molar-refractivity contribution in [2.75, 3.05) is 39.6 Å². The lowest BCUT2D eigenvalue weighted by atomic mass is 9.99. The predicted octanol–water partition coefficient (Wildman–Crippen LogP) is 24.4. The molecule has 0 saturated heterocycles. The third kappa shape index (κ3) is 73.4. The van der Waals surface area contributed by atoms with Gasteiger partial charge in [0.2, 0.25) is 0 Å². The number of esters is 4. The average Bonchev–Trinajstić information content (AvgIpc) is 1.03. The normalized spacial score (nSPS) is 14.5. The lowest BCUT2D eigenvalue weighted by molar-refractivity contribution is -0.161. The molecule has 0 aromatic carbocycles. The van der Waals surface area contributed by atoms with Crippen molar-refractivity contribution in [3.63, 3.8) is 0 Å². The third-order valence-electron chi connectivity index (χ3n) is 19.8. The van der Waals surface area contributed by atoms with Crippen molar-refractivity contribution in [1.29, 1.82) is 0 Å². The van der Waals surface area contributed by atoms with E-state index < -0.39 is 97.5 Å². The van der Waals surface area contributed by atoms with Gasteiger partial charge in [-0.05, 0) is 49.4 Å². The fraction of sp³-hybridized carbons (Fsp3) is 0.951. The molecule has 0 aromatic heterocycles. The first-order valence-corrected chi connectivity index (χ1v) is 45.3. The van der Waals surface area contributed by atoms with Crippen LogP contribution in [0, 0.1) is 23.7 Å². The lowest BCUT2D eigenvalue weighted by Gasteiger charge is -2.21. The second-order valence-corrected chi connectivity index (χ2v) is 33.9. The van der Waals surface area contributed by atoms with Crippen molar-refractivity contribution >= 4 is 39.5 Å². The van der Waals surface area contributed by atoms with Crippen LogP contribution in [0.2, 0.25) is 0 Å². The highest BCUT2D eigenvalue weighted by molar-refractivity contribution is 7.47. The predicted molar refractivity (Wildman–Crippen MR) is 414 cm³/mol. The molecule has 0 amide bonds. The van der Waals surface area contributed by atoms with Crippen LogP contribution in [0.4, 0.5) is 0 Å². The average molecular weight is 1480 g/mol. The van der Waals surface area contributed by atoms with Crippen molar-refractivity contribution < 1.29 is 80.2 Å². The van der Waals surface area contributed by atoms with Crippen LogP contribution >= 0.6 is 15.6 Å². The molecular formula is C82H160O17P2. The first kappa shape index (κ1) is 99.1. The maximum Gasteiger partial charge on any atom is 0.472 e. The Morgan fingerprint density at radius 1 is 0.277 bits per heavy atom. The van der Waals surface area contributed by atoms with Crippen LogP contribution in [0.5, 0.6) is 0 Å². The Morgan fingerprint density at radius 2 is 0.475 bits per heavy atom. The van der Waals surface area contributed by atoms with Gasteiger partial charge in [0.05, 0.1) is 26.4 Å². The van der Waals surface area contributed by atoms with Crippen LogP contribution in [0.3, 0.4) is 0 Å². The van der Waals surface area contributed by atoms with Crippen LogP contribution < -0.4 is 0 Å². The topological polar surface area (TPSA) is 237 Å². The van der Waals surface area contributed by atoms with Crippen molar-refractivity contribution in [3.8, 4) is 0 Å². The van der Waals surface area contributed by atoms with E-state index in [4.69, 9.17) is 37.0 Å². The Balaban J connectivity index is 5.20. The molecule has 7 atom stereocenters. The minimum atomic E-state index is -4.96. The number of hydrogen-bond donors (Lipinski definition) is 3.